The number of nitrogens with two attached hydrogens (primary N) is 1. The highest BCUT2D eigenvalue weighted by atomic mass is 32.2. The number of rotatable bonds is 6. The molecule has 1 atom stereocenters. The first kappa shape index (κ1) is 13.3. The molecule has 0 radical (unpaired) electrons. The lowest BCUT2D eigenvalue weighted by molar-refractivity contribution is 0.614. The van der Waals surface area contributed by atoms with Gasteiger partial charge < -0.3 is 5.73 Å². The molecule has 16 heavy (non-hydrogen) atoms. The average molecular weight is 243 g/mol. The van der Waals surface area contributed by atoms with E-state index in [0.29, 0.717) is 23.6 Å². The Bertz CT molecular complexity index is 368. The van der Waals surface area contributed by atoms with Crippen LogP contribution in [0.15, 0.2) is 18.2 Å². The van der Waals surface area contributed by atoms with Gasteiger partial charge in [0.25, 0.3) is 0 Å². The fourth-order valence-electron chi connectivity index (χ4n) is 1.42. The predicted octanol–water partition coefficient (Wildman–Crippen LogP) is 2.33. The Hall–Kier alpha value is -0.740. The molecular weight excluding hydrogens is 225 g/mol. The molecule has 0 aliphatic rings. The van der Waals surface area contributed by atoms with Gasteiger partial charge >= 0.3 is 0 Å². The number of hydrogen-bond donors (Lipinski definition) is 1. The van der Waals surface area contributed by atoms with Crippen LogP contribution in [0.4, 0.5) is 4.39 Å². The van der Waals surface area contributed by atoms with Crippen LogP contribution in [0.2, 0.25) is 0 Å². The van der Waals surface area contributed by atoms with E-state index in [0.717, 1.165) is 18.4 Å². The molecule has 1 rings (SSSR count). The zero-order valence-electron chi connectivity index (χ0n) is 9.54. The fraction of sp³-hybridized carbons (Fsp3) is 0.500. The van der Waals surface area contributed by atoms with Gasteiger partial charge in [0, 0.05) is 28.7 Å². The van der Waals surface area contributed by atoms with E-state index in [4.69, 9.17) is 5.73 Å². The van der Waals surface area contributed by atoms with E-state index in [9.17, 15) is 8.60 Å². The first-order valence-electron chi connectivity index (χ1n) is 5.49. The minimum Gasteiger partial charge on any atom is -0.326 e. The maximum atomic E-state index is 13.4. The highest BCUT2D eigenvalue weighted by Gasteiger charge is 2.07. The lowest BCUT2D eigenvalue weighted by Crippen LogP contribution is -2.04. The highest BCUT2D eigenvalue weighted by molar-refractivity contribution is 7.84. The average Bonchev–Trinajstić information content (AvgIpc) is 2.29. The summed E-state index contributed by atoms with van der Waals surface area (Å²) in [6.45, 7) is 2.43. The molecule has 2 nitrogen and oxygen atoms in total. The van der Waals surface area contributed by atoms with E-state index in [2.05, 4.69) is 0 Å². The molecule has 0 saturated heterocycles. The molecule has 0 heterocycles. The van der Waals surface area contributed by atoms with Gasteiger partial charge in [-0.25, -0.2) is 4.39 Å². The zero-order chi connectivity index (χ0) is 12.0. The van der Waals surface area contributed by atoms with Crippen LogP contribution in [0.25, 0.3) is 0 Å². The summed E-state index contributed by atoms with van der Waals surface area (Å²) in [5.41, 5.74) is 6.87. The van der Waals surface area contributed by atoms with Gasteiger partial charge in [0.1, 0.15) is 5.82 Å². The third-order valence-corrected chi connectivity index (χ3v) is 3.76. The van der Waals surface area contributed by atoms with Crippen molar-refractivity contribution in [2.75, 3.05) is 5.75 Å². The summed E-state index contributed by atoms with van der Waals surface area (Å²) >= 11 is 0. The summed E-state index contributed by atoms with van der Waals surface area (Å²) in [5.74, 6) is 0.643. The minimum atomic E-state index is -0.972. The number of benzene rings is 1. The second-order valence-electron chi connectivity index (χ2n) is 3.77. The molecule has 0 spiro atoms. The molecule has 2 N–H and O–H groups in total. The molecule has 1 aromatic rings. The molecule has 0 amide bonds. The Balaban J connectivity index is 2.68. The summed E-state index contributed by atoms with van der Waals surface area (Å²) in [5, 5.41) is 0. The Morgan fingerprint density at radius 1 is 1.44 bits per heavy atom. The minimum absolute atomic E-state index is 0.290. The summed E-state index contributed by atoms with van der Waals surface area (Å²) in [6, 6.07) is 4.77. The molecule has 0 fully saturated rings. The van der Waals surface area contributed by atoms with E-state index in [1.165, 1.54) is 6.07 Å². The van der Waals surface area contributed by atoms with Crippen LogP contribution in [0, 0.1) is 5.82 Å². The quantitative estimate of drug-likeness (QED) is 0.833. The summed E-state index contributed by atoms with van der Waals surface area (Å²) < 4.78 is 25.0. The number of unbranched alkanes of at least 4 members (excludes halogenated alkanes) is 1. The molecule has 0 aromatic heterocycles. The van der Waals surface area contributed by atoms with E-state index >= 15 is 0 Å². The van der Waals surface area contributed by atoms with Gasteiger partial charge in [0.2, 0.25) is 0 Å². The van der Waals surface area contributed by atoms with Gasteiger partial charge in [-0.1, -0.05) is 25.5 Å². The number of hydrogen-bond acceptors (Lipinski definition) is 2. The fourth-order valence-corrected chi connectivity index (χ4v) is 2.74. The van der Waals surface area contributed by atoms with E-state index in [1.54, 1.807) is 12.1 Å². The first-order chi connectivity index (χ1) is 7.67. The molecule has 0 saturated carbocycles. The van der Waals surface area contributed by atoms with Crippen LogP contribution in [0.1, 0.15) is 30.9 Å². The highest BCUT2D eigenvalue weighted by Crippen LogP contribution is 2.13. The molecule has 0 bridgehead atoms. The van der Waals surface area contributed by atoms with Crippen molar-refractivity contribution in [3.63, 3.8) is 0 Å². The van der Waals surface area contributed by atoms with Crippen LogP contribution in [-0.4, -0.2) is 9.96 Å². The van der Waals surface area contributed by atoms with Crippen molar-refractivity contribution in [2.24, 2.45) is 5.73 Å². The molecule has 1 aromatic carbocycles. The van der Waals surface area contributed by atoms with Crippen LogP contribution in [0.3, 0.4) is 0 Å². The van der Waals surface area contributed by atoms with Crippen molar-refractivity contribution in [1.29, 1.82) is 0 Å². The Labute approximate surface area is 98.5 Å². The summed E-state index contributed by atoms with van der Waals surface area (Å²) in [7, 11) is -0.972. The van der Waals surface area contributed by atoms with Crippen molar-refractivity contribution in [3.05, 3.63) is 35.1 Å². The van der Waals surface area contributed by atoms with Crippen molar-refractivity contribution in [3.8, 4) is 0 Å². The van der Waals surface area contributed by atoms with E-state index < -0.39 is 10.8 Å². The van der Waals surface area contributed by atoms with Gasteiger partial charge in [-0.2, -0.15) is 0 Å². The third-order valence-electron chi connectivity index (χ3n) is 2.39. The maximum absolute atomic E-state index is 13.4. The van der Waals surface area contributed by atoms with Crippen LogP contribution < -0.4 is 5.73 Å². The molecule has 90 valence electrons. The zero-order valence-corrected chi connectivity index (χ0v) is 10.4. The lowest BCUT2D eigenvalue weighted by atomic mass is 10.1. The van der Waals surface area contributed by atoms with Crippen molar-refractivity contribution in [1.82, 2.24) is 0 Å². The normalized spacial score (nSPS) is 12.7. The Morgan fingerprint density at radius 3 is 2.81 bits per heavy atom. The smallest absolute Gasteiger partial charge is 0.127 e. The Morgan fingerprint density at radius 2 is 2.19 bits per heavy atom. The predicted molar refractivity (Wildman–Crippen MR) is 65.9 cm³/mol. The topological polar surface area (TPSA) is 43.1 Å². The Kier molecular flexibility index (Phi) is 5.63. The maximum Gasteiger partial charge on any atom is 0.127 e. The first-order valence-corrected chi connectivity index (χ1v) is 6.98. The van der Waals surface area contributed by atoms with Crippen molar-refractivity contribution >= 4 is 10.8 Å². The van der Waals surface area contributed by atoms with Gasteiger partial charge in [0.15, 0.2) is 0 Å². The SMILES string of the molecule is CCCCS(=O)Cc1cc(CN)ccc1F. The molecule has 0 aliphatic heterocycles. The van der Waals surface area contributed by atoms with E-state index in [1.807, 2.05) is 6.92 Å². The van der Waals surface area contributed by atoms with Gasteiger partial charge in [-0.05, 0) is 18.1 Å². The largest absolute Gasteiger partial charge is 0.326 e. The molecular formula is C12H18FNOS. The van der Waals surface area contributed by atoms with Crippen molar-refractivity contribution in [2.45, 2.75) is 32.1 Å². The second-order valence-corrected chi connectivity index (χ2v) is 5.35. The summed E-state index contributed by atoms with van der Waals surface area (Å²) in [6.07, 6.45) is 1.93. The van der Waals surface area contributed by atoms with Crippen LogP contribution in [0.5, 0.6) is 0 Å². The number of halogens is 1. The van der Waals surface area contributed by atoms with Gasteiger partial charge in [-0.3, -0.25) is 4.21 Å². The molecule has 0 aliphatic carbocycles. The lowest BCUT2D eigenvalue weighted by Gasteiger charge is -2.05. The molecule has 1 unspecified atom stereocenters. The second kappa shape index (κ2) is 6.76. The van der Waals surface area contributed by atoms with Gasteiger partial charge in [-0.15, -0.1) is 0 Å². The third kappa shape index (κ3) is 4.02. The van der Waals surface area contributed by atoms with Crippen molar-refractivity contribution < 1.29 is 8.60 Å². The monoisotopic (exact) mass is 243 g/mol. The molecule has 4 heteroatoms. The van der Waals surface area contributed by atoms with Crippen LogP contribution in [-0.2, 0) is 23.1 Å². The van der Waals surface area contributed by atoms with Crippen LogP contribution >= 0.6 is 0 Å². The van der Waals surface area contributed by atoms with E-state index in [-0.39, 0.29) is 5.82 Å². The standard InChI is InChI=1S/C12H18FNOS/c1-2-3-6-16(15)9-11-7-10(8-14)4-5-12(11)13/h4-5,7H,2-3,6,8-9,14H2,1H3. The van der Waals surface area contributed by atoms with Gasteiger partial charge in [0.05, 0.1) is 5.75 Å². The summed E-state index contributed by atoms with van der Waals surface area (Å²) in [4.78, 5) is 0.